The first-order valence-corrected chi connectivity index (χ1v) is 4.34. The van der Waals surface area contributed by atoms with Gasteiger partial charge >= 0.3 is 0 Å². The lowest BCUT2D eigenvalue weighted by Gasteiger charge is -2.17. The number of rotatable bonds is 3. The molecule has 0 fully saturated rings. The smallest absolute Gasteiger partial charge is 0.281 e. The van der Waals surface area contributed by atoms with E-state index in [-0.39, 0.29) is 17.2 Å². The van der Waals surface area contributed by atoms with E-state index < -0.39 is 0 Å². The molecular weight excluding hydrogens is 182 g/mol. The van der Waals surface area contributed by atoms with Crippen molar-refractivity contribution in [1.82, 2.24) is 5.06 Å². The van der Waals surface area contributed by atoms with Crippen LogP contribution in [0.1, 0.15) is 17.3 Å². The summed E-state index contributed by atoms with van der Waals surface area (Å²) in [6.45, 7) is 2.23. The van der Waals surface area contributed by atoms with Crippen molar-refractivity contribution in [3.8, 4) is 5.75 Å². The van der Waals surface area contributed by atoms with Gasteiger partial charge in [0.1, 0.15) is 5.75 Å². The zero-order chi connectivity index (χ0) is 10.6. The second-order valence-corrected chi connectivity index (χ2v) is 2.70. The normalized spacial score (nSPS) is 9.86. The number of phenols is 1. The summed E-state index contributed by atoms with van der Waals surface area (Å²) in [5.74, 6) is -0.374. The molecular formula is C10H13NO3. The number of carbonyl (C=O) groups excluding carboxylic acids is 1. The third kappa shape index (κ3) is 2.03. The van der Waals surface area contributed by atoms with Crippen LogP contribution in [0.3, 0.4) is 0 Å². The Balaban J connectivity index is 2.94. The molecule has 0 aromatic heterocycles. The predicted molar refractivity (Wildman–Crippen MR) is 51.8 cm³/mol. The lowest BCUT2D eigenvalue weighted by atomic mass is 10.2. The van der Waals surface area contributed by atoms with Crippen molar-refractivity contribution in [3.63, 3.8) is 0 Å². The average molecular weight is 195 g/mol. The van der Waals surface area contributed by atoms with Crippen LogP contribution in [0.15, 0.2) is 24.3 Å². The largest absolute Gasteiger partial charge is 0.507 e. The molecule has 0 aliphatic rings. The molecule has 0 aliphatic carbocycles. The van der Waals surface area contributed by atoms with Crippen LogP contribution < -0.4 is 0 Å². The minimum Gasteiger partial charge on any atom is -0.507 e. The first-order valence-electron chi connectivity index (χ1n) is 4.34. The highest BCUT2D eigenvalue weighted by atomic mass is 16.7. The Bertz CT molecular complexity index is 321. The summed E-state index contributed by atoms with van der Waals surface area (Å²) in [5.41, 5.74) is 0.246. The van der Waals surface area contributed by atoms with Gasteiger partial charge in [-0.05, 0) is 19.1 Å². The lowest BCUT2D eigenvalue weighted by molar-refractivity contribution is -0.0916. The van der Waals surface area contributed by atoms with Crippen molar-refractivity contribution in [2.45, 2.75) is 6.92 Å². The maximum Gasteiger partial charge on any atom is 0.281 e. The molecule has 1 aromatic carbocycles. The number of hydroxylamine groups is 2. The predicted octanol–water partition coefficient (Wildman–Crippen LogP) is 1.42. The molecule has 1 amide bonds. The van der Waals surface area contributed by atoms with Crippen LogP contribution >= 0.6 is 0 Å². The summed E-state index contributed by atoms with van der Waals surface area (Å²) < 4.78 is 0. The molecule has 4 nitrogen and oxygen atoms in total. The Morgan fingerprint density at radius 3 is 2.64 bits per heavy atom. The van der Waals surface area contributed by atoms with E-state index in [9.17, 15) is 9.90 Å². The lowest BCUT2D eigenvalue weighted by Crippen LogP contribution is -2.29. The van der Waals surface area contributed by atoms with Crippen molar-refractivity contribution in [2.24, 2.45) is 0 Å². The number of benzene rings is 1. The highest BCUT2D eigenvalue weighted by molar-refractivity contribution is 5.96. The Morgan fingerprint density at radius 2 is 2.14 bits per heavy atom. The van der Waals surface area contributed by atoms with Crippen LogP contribution in [0.4, 0.5) is 0 Å². The van der Waals surface area contributed by atoms with Crippen molar-refractivity contribution in [1.29, 1.82) is 0 Å². The third-order valence-electron chi connectivity index (χ3n) is 1.87. The van der Waals surface area contributed by atoms with E-state index in [0.717, 1.165) is 0 Å². The molecule has 4 heteroatoms. The van der Waals surface area contributed by atoms with Crippen LogP contribution in [0.5, 0.6) is 5.75 Å². The monoisotopic (exact) mass is 195 g/mol. The zero-order valence-corrected chi connectivity index (χ0v) is 8.23. The van der Waals surface area contributed by atoms with Crippen LogP contribution in [0, 0.1) is 0 Å². The SMILES string of the molecule is CCN(OC)C(=O)c1ccccc1O. The van der Waals surface area contributed by atoms with E-state index in [1.54, 1.807) is 25.1 Å². The summed E-state index contributed by atoms with van der Waals surface area (Å²) in [7, 11) is 1.42. The number of aromatic hydroxyl groups is 1. The molecule has 0 radical (unpaired) electrons. The first-order chi connectivity index (χ1) is 6.70. The number of hydrogen-bond acceptors (Lipinski definition) is 3. The van der Waals surface area contributed by atoms with Crippen molar-refractivity contribution in [3.05, 3.63) is 29.8 Å². The maximum atomic E-state index is 11.7. The quantitative estimate of drug-likeness (QED) is 0.742. The van der Waals surface area contributed by atoms with E-state index in [2.05, 4.69) is 0 Å². The molecule has 0 aliphatic heterocycles. The molecule has 0 unspecified atom stereocenters. The summed E-state index contributed by atoms with van der Waals surface area (Å²) in [6, 6.07) is 6.38. The fourth-order valence-corrected chi connectivity index (χ4v) is 1.14. The van der Waals surface area contributed by atoms with Crippen molar-refractivity contribution < 1.29 is 14.7 Å². The van der Waals surface area contributed by atoms with Gasteiger partial charge in [-0.15, -0.1) is 0 Å². The van der Waals surface area contributed by atoms with Gasteiger partial charge in [-0.3, -0.25) is 9.63 Å². The molecule has 76 valence electrons. The zero-order valence-electron chi connectivity index (χ0n) is 8.23. The molecule has 0 bridgehead atoms. The van der Waals surface area contributed by atoms with Gasteiger partial charge in [0.05, 0.1) is 12.7 Å². The molecule has 1 N–H and O–H groups in total. The molecule has 1 aromatic rings. The van der Waals surface area contributed by atoms with E-state index in [1.807, 2.05) is 0 Å². The maximum absolute atomic E-state index is 11.7. The number of nitrogens with zero attached hydrogens (tertiary/aromatic N) is 1. The Hall–Kier alpha value is -1.55. The van der Waals surface area contributed by atoms with Gasteiger partial charge in [-0.25, -0.2) is 5.06 Å². The number of carbonyl (C=O) groups is 1. The molecule has 0 saturated heterocycles. The minimum absolute atomic E-state index is 0.0343. The minimum atomic E-state index is -0.340. The van der Waals surface area contributed by atoms with Crippen LogP contribution in [0.25, 0.3) is 0 Å². The molecule has 0 saturated carbocycles. The van der Waals surface area contributed by atoms with E-state index in [4.69, 9.17) is 4.84 Å². The number of hydrogen-bond donors (Lipinski definition) is 1. The highest BCUT2D eigenvalue weighted by Gasteiger charge is 2.16. The highest BCUT2D eigenvalue weighted by Crippen LogP contribution is 2.17. The second-order valence-electron chi connectivity index (χ2n) is 2.70. The van der Waals surface area contributed by atoms with Crippen molar-refractivity contribution >= 4 is 5.91 Å². The van der Waals surface area contributed by atoms with Gasteiger partial charge in [0.15, 0.2) is 0 Å². The Kier molecular flexibility index (Phi) is 3.48. The summed E-state index contributed by atoms with van der Waals surface area (Å²) >= 11 is 0. The fraction of sp³-hybridized carbons (Fsp3) is 0.300. The third-order valence-corrected chi connectivity index (χ3v) is 1.87. The molecule has 14 heavy (non-hydrogen) atoms. The fourth-order valence-electron chi connectivity index (χ4n) is 1.14. The van der Waals surface area contributed by atoms with E-state index in [1.165, 1.54) is 18.2 Å². The average Bonchev–Trinajstić information content (AvgIpc) is 2.20. The van der Waals surface area contributed by atoms with Crippen LogP contribution in [-0.2, 0) is 4.84 Å². The van der Waals surface area contributed by atoms with Crippen LogP contribution in [-0.4, -0.2) is 29.7 Å². The summed E-state index contributed by atoms with van der Waals surface area (Å²) in [5, 5.41) is 10.6. The van der Waals surface area contributed by atoms with Crippen LogP contribution in [0.2, 0.25) is 0 Å². The van der Waals surface area contributed by atoms with Gasteiger partial charge < -0.3 is 5.11 Å². The molecule has 0 atom stereocenters. The van der Waals surface area contributed by atoms with Gasteiger partial charge in [0, 0.05) is 6.54 Å². The van der Waals surface area contributed by atoms with Gasteiger partial charge in [0.2, 0.25) is 0 Å². The summed E-state index contributed by atoms with van der Waals surface area (Å²) in [4.78, 5) is 16.5. The molecule has 0 spiro atoms. The first kappa shape index (κ1) is 10.5. The number of amides is 1. The van der Waals surface area contributed by atoms with E-state index >= 15 is 0 Å². The molecule has 1 rings (SSSR count). The second kappa shape index (κ2) is 4.62. The van der Waals surface area contributed by atoms with E-state index in [0.29, 0.717) is 6.54 Å². The van der Waals surface area contributed by atoms with Gasteiger partial charge in [-0.2, -0.15) is 0 Å². The topological polar surface area (TPSA) is 49.8 Å². The van der Waals surface area contributed by atoms with Gasteiger partial charge in [0.25, 0.3) is 5.91 Å². The van der Waals surface area contributed by atoms with Crippen molar-refractivity contribution in [2.75, 3.05) is 13.7 Å². The summed E-state index contributed by atoms with van der Waals surface area (Å²) in [6.07, 6.45) is 0. The number of para-hydroxylation sites is 1. The van der Waals surface area contributed by atoms with Gasteiger partial charge in [-0.1, -0.05) is 12.1 Å². The number of phenolic OH excluding ortho intramolecular Hbond substituents is 1. The Morgan fingerprint density at radius 1 is 1.50 bits per heavy atom. The molecule has 0 heterocycles. The Labute approximate surface area is 82.7 Å². The standard InChI is InChI=1S/C10H13NO3/c1-3-11(14-2)10(13)8-6-4-5-7-9(8)12/h4-7,12H,3H2,1-2H3.